The number of amides is 2. The van der Waals surface area contributed by atoms with E-state index < -0.39 is 12.3 Å². The van der Waals surface area contributed by atoms with Gasteiger partial charge in [-0.25, -0.2) is 0 Å². The summed E-state index contributed by atoms with van der Waals surface area (Å²) in [5.74, 6) is -1.33. The number of alkyl halides is 3. The third kappa shape index (κ3) is 5.97. The van der Waals surface area contributed by atoms with Crippen LogP contribution in [0.1, 0.15) is 17.5 Å². The lowest BCUT2D eigenvalue weighted by Crippen LogP contribution is -2.33. The summed E-state index contributed by atoms with van der Waals surface area (Å²) in [5, 5.41) is 2.62. The maximum atomic E-state index is 12.5. The first-order valence-electron chi connectivity index (χ1n) is 9.25. The molecule has 2 aromatic carbocycles. The zero-order valence-electron chi connectivity index (χ0n) is 15.6. The van der Waals surface area contributed by atoms with Crippen molar-refractivity contribution in [2.75, 3.05) is 13.1 Å². The number of nitrogens with one attached hydrogen (secondary N) is 1. The summed E-state index contributed by atoms with van der Waals surface area (Å²) in [6.07, 6.45) is -4.01. The third-order valence-electron chi connectivity index (χ3n) is 4.75. The molecule has 1 N–H and O–H groups in total. The molecule has 1 atom stereocenters. The molecule has 0 radical (unpaired) electrons. The molecular weight excluding hydrogens is 385 g/mol. The van der Waals surface area contributed by atoms with Gasteiger partial charge in [-0.15, -0.1) is 13.2 Å². The Balaban J connectivity index is 1.52. The molecule has 0 spiro atoms. The fraction of sp³-hybridized carbons (Fsp3) is 0.333. The molecule has 1 aliphatic heterocycles. The van der Waals surface area contributed by atoms with Gasteiger partial charge in [-0.05, 0) is 18.1 Å². The summed E-state index contributed by atoms with van der Waals surface area (Å²) >= 11 is 0. The molecule has 1 unspecified atom stereocenters. The maximum Gasteiger partial charge on any atom is 0.573 e. The number of nitrogens with zero attached hydrogens (tertiary/aromatic N) is 1. The van der Waals surface area contributed by atoms with Crippen LogP contribution < -0.4 is 10.1 Å². The average Bonchev–Trinajstić information content (AvgIpc) is 3.06. The second-order valence-corrected chi connectivity index (χ2v) is 6.85. The number of halogens is 3. The average molecular weight is 406 g/mol. The lowest BCUT2D eigenvalue weighted by atomic mass is 10.1. The molecule has 2 amide bonds. The second kappa shape index (κ2) is 8.98. The highest BCUT2D eigenvalue weighted by Gasteiger charge is 2.34. The van der Waals surface area contributed by atoms with Crippen molar-refractivity contribution in [3.8, 4) is 5.75 Å². The molecule has 29 heavy (non-hydrogen) atoms. The molecule has 1 aliphatic rings. The van der Waals surface area contributed by atoms with Crippen molar-refractivity contribution in [1.82, 2.24) is 10.2 Å². The predicted octanol–water partition coefficient (Wildman–Crippen LogP) is 3.29. The minimum atomic E-state index is -4.81. The highest BCUT2D eigenvalue weighted by molar-refractivity contribution is 5.89. The van der Waals surface area contributed by atoms with Gasteiger partial charge in [0.25, 0.3) is 0 Å². The number of benzene rings is 2. The molecule has 0 aliphatic carbocycles. The van der Waals surface area contributed by atoms with Gasteiger partial charge >= 0.3 is 6.36 Å². The van der Waals surface area contributed by atoms with E-state index in [0.717, 1.165) is 5.56 Å². The Labute approximate surface area is 166 Å². The van der Waals surface area contributed by atoms with Crippen molar-refractivity contribution in [3.63, 3.8) is 0 Å². The number of likely N-dealkylation sites (tertiary alicyclic amines) is 1. The van der Waals surface area contributed by atoms with Crippen LogP contribution in [-0.2, 0) is 22.6 Å². The smallest absolute Gasteiger partial charge is 0.405 e. The number of carbonyl (C=O) groups is 2. The van der Waals surface area contributed by atoms with Gasteiger partial charge in [0.1, 0.15) is 5.75 Å². The van der Waals surface area contributed by atoms with E-state index in [1.807, 2.05) is 30.3 Å². The number of hydrogen-bond donors (Lipinski definition) is 1. The van der Waals surface area contributed by atoms with Gasteiger partial charge in [0.05, 0.1) is 5.92 Å². The summed E-state index contributed by atoms with van der Waals surface area (Å²) in [4.78, 5) is 26.3. The summed E-state index contributed by atoms with van der Waals surface area (Å²) in [5.41, 5.74) is 1.32. The third-order valence-corrected chi connectivity index (χ3v) is 4.75. The van der Waals surface area contributed by atoms with E-state index in [2.05, 4.69) is 10.1 Å². The topological polar surface area (TPSA) is 58.6 Å². The molecule has 2 aromatic rings. The number of hydrogen-bond acceptors (Lipinski definition) is 3. The highest BCUT2D eigenvalue weighted by atomic mass is 19.4. The number of rotatable bonds is 7. The predicted molar refractivity (Wildman–Crippen MR) is 99.8 cm³/mol. The van der Waals surface area contributed by atoms with Gasteiger partial charge in [0.2, 0.25) is 11.8 Å². The lowest BCUT2D eigenvalue weighted by molar-refractivity contribution is -0.274. The van der Waals surface area contributed by atoms with Crippen LogP contribution >= 0.6 is 0 Å². The minimum Gasteiger partial charge on any atom is -0.405 e. The Morgan fingerprint density at radius 3 is 2.52 bits per heavy atom. The summed E-state index contributed by atoms with van der Waals surface area (Å²) < 4.78 is 41.5. The quantitative estimate of drug-likeness (QED) is 0.768. The largest absolute Gasteiger partial charge is 0.573 e. The molecule has 0 aromatic heterocycles. The van der Waals surface area contributed by atoms with E-state index in [1.165, 1.54) is 18.2 Å². The Morgan fingerprint density at radius 1 is 1.10 bits per heavy atom. The van der Waals surface area contributed by atoms with Crippen LogP contribution in [0.4, 0.5) is 13.2 Å². The van der Waals surface area contributed by atoms with Crippen molar-refractivity contribution in [1.29, 1.82) is 0 Å². The van der Waals surface area contributed by atoms with Crippen molar-refractivity contribution in [2.24, 2.45) is 5.92 Å². The van der Waals surface area contributed by atoms with E-state index in [1.54, 1.807) is 11.0 Å². The highest BCUT2D eigenvalue weighted by Crippen LogP contribution is 2.26. The molecule has 0 saturated carbocycles. The maximum absolute atomic E-state index is 12.5. The summed E-state index contributed by atoms with van der Waals surface area (Å²) in [7, 11) is 0. The molecular formula is C21H21F3N2O3. The second-order valence-electron chi connectivity index (χ2n) is 6.85. The molecule has 154 valence electrons. The minimum absolute atomic E-state index is 0.0955. The number of para-hydroxylation sites is 1. The Kier molecular flexibility index (Phi) is 6.41. The zero-order chi connectivity index (χ0) is 20.9. The van der Waals surface area contributed by atoms with E-state index in [-0.39, 0.29) is 36.1 Å². The van der Waals surface area contributed by atoms with Crippen LogP contribution in [0.2, 0.25) is 0 Å². The van der Waals surface area contributed by atoms with Gasteiger partial charge < -0.3 is 15.0 Å². The van der Waals surface area contributed by atoms with Crippen molar-refractivity contribution in [2.45, 2.75) is 25.7 Å². The Bertz CT molecular complexity index is 856. The first kappa shape index (κ1) is 20.7. The van der Waals surface area contributed by atoms with E-state index in [4.69, 9.17) is 0 Å². The van der Waals surface area contributed by atoms with Crippen LogP contribution in [0, 0.1) is 5.92 Å². The molecule has 1 saturated heterocycles. The zero-order valence-corrected chi connectivity index (χ0v) is 15.6. The lowest BCUT2D eigenvalue weighted by Gasteiger charge is -2.17. The van der Waals surface area contributed by atoms with Gasteiger partial charge in [-0.1, -0.05) is 48.5 Å². The van der Waals surface area contributed by atoms with Gasteiger partial charge in [-0.3, -0.25) is 9.59 Å². The first-order valence-corrected chi connectivity index (χ1v) is 9.25. The van der Waals surface area contributed by atoms with Crippen molar-refractivity contribution in [3.05, 3.63) is 65.7 Å². The molecule has 8 heteroatoms. The van der Waals surface area contributed by atoms with Crippen LogP contribution in [0.3, 0.4) is 0 Å². The Hall–Kier alpha value is -3.03. The monoisotopic (exact) mass is 406 g/mol. The molecule has 3 rings (SSSR count). The molecule has 1 heterocycles. The van der Waals surface area contributed by atoms with E-state index in [0.29, 0.717) is 19.5 Å². The van der Waals surface area contributed by atoms with Crippen LogP contribution in [-0.4, -0.2) is 36.2 Å². The summed E-state index contributed by atoms with van der Waals surface area (Å²) in [6.45, 7) is 0.715. The van der Waals surface area contributed by atoms with Gasteiger partial charge in [0, 0.05) is 31.6 Å². The van der Waals surface area contributed by atoms with Crippen LogP contribution in [0.15, 0.2) is 54.6 Å². The van der Waals surface area contributed by atoms with Crippen LogP contribution in [0.25, 0.3) is 0 Å². The van der Waals surface area contributed by atoms with Gasteiger partial charge in [-0.2, -0.15) is 0 Å². The Morgan fingerprint density at radius 2 is 1.79 bits per heavy atom. The normalized spacial score (nSPS) is 16.7. The molecule has 5 nitrogen and oxygen atoms in total. The fourth-order valence-corrected chi connectivity index (χ4v) is 3.27. The van der Waals surface area contributed by atoms with E-state index >= 15 is 0 Å². The van der Waals surface area contributed by atoms with Crippen LogP contribution in [0.5, 0.6) is 5.75 Å². The van der Waals surface area contributed by atoms with Crippen molar-refractivity contribution >= 4 is 11.8 Å². The fourth-order valence-electron chi connectivity index (χ4n) is 3.27. The standard InChI is InChI=1S/C21H21F3N2O3/c22-21(23,24)29-18-9-5-4-8-16(18)13-25-20(28)17-12-19(27)26(14-17)11-10-15-6-2-1-3-7-15/h1-9,17H,10-14H2,(H,25,28). The van der Waals surface area contributed by atoms with Gasteiger partial charge in [0.15, 0.2) is 0 Å². The SMILES string of the molecule is O=C(NCc1ccccc1OC(F)(F)F)C1CC(=O)N(CCc2ccccc2)C1. The van der Waals surface area contributed by atoms with Crippen molar-refractivity contribution < 1.29 is 27.5 Å². The molecule has 1 fully saturated rings. The van der Waals surface area contributed by atoms with E-state index in [9.17, 15) is 22.8 Å². The number of carbonyl (C=O) groups excluding carboxylic acids is 2. The number of ether oxygens (including phenoxy) is 1. The first-order chi connectivity index (χ1) is 13.8. The summed E-state index contributed by atoms with van der Waals surface area (Å²) in [6, 6.07) is 15.4. The molecule has 0 bridgehead atoms.